The maximum Gasteiger partial charge on any atom is 0.292 e. The number of nitrogens with zero attached hydrogens (tertiary/aromatic N) is 2. The van der Waals surface area contributed by atoms with Gasteiger partial charge in [-0.15, -0.1) is 0 Å². The number of likely N-dealkylation sites (tertiary alicyclic amines) is 1. The van der Waals surface area contributed by atoms with Crippen LogP contribution in [0.25, 0.3) is 0 Å². The molecule has 1 fully saturated rings. The van der Waals surface area contributed by atoms with E-state index in [2.05, 4.69) is 10.2 Å². The monoisotopic (exact) mass is 239 g/mol. The van der Waals surface area contributed by atoms with Gasteiger partial charge in [0.15, 0.2) is 0 Å². The summed E-state index contributed by atoms with van der Waals surface area (Å²) < 4.78 is 13.1. The van der Waals surface area contributed by atoms with E-state index in [9.17, 15) is 14.5 Å². The van der Waals surface area contributed by atoms with E-state index in [-0.39, 0.29) is 17.4 Å². The summed E-state index contributed by atoms with van der Waals surface area (Å²) in [5.74, 6) is -0.468. The van der Waals surface area contributed by atoms with Gasteiger partial charge in [0.25, 0.3) is 5.69 Å². The third-order valence-electron chi connectivity index (χ3n) is 2.91. The largest absolute Gasteiger partial charge is 0.375 e. The van der Waals surface area contributed by atoms with Crippen molar-refractivity contribution in [2.24, 2.45) is 0 Å². The number of anilines is 1. The molecule has 6 heteroatoms. The fourth-order valence-electron chi connectivity index (χ4n) is 2.06. The molecule has 17 heavy (non-hydrogen) atoms. The van der Waals surface area contributed by atoms with Crippen molar-refractivity contribution in [2.75, 3.05) is 25.5 Å². The Morgan fingerprint density at radius 2 is 2.35 bits per heavy atom. The molecule has 1 saturated heterocycles. The van der Waals surface area contributed by atoms with Crippen LogP contribution in [0.5, 0.6) is 0 Å². The lowest BCUT2D eigenvalue weighted by Crippen LogP contribution is -2.23. The number of benzene rings is 1. The molecular weight excluding hydrogens is 225 g/mol. The van der Waals surface area contributed by atoms with Crippen LogP contribution in [-0.4, -0.2) is 36.0 Å². The van der Waals surface area contributed by atoms with Crippen molar-refractivity contribution < 1.29 is 9.31 Å². The van der Waals surface area contributed by atoms with Crippen molar-refractivity contribution in [3.8, 4) is 0 Å². The Hall–Kier alpha value is -1.69. The number of nitrogens with one attached hydrogen (secondary N) is 1. The van der Waals surface area contributed by atoms with E-state index in [1.165, 1.54) is 12.1 Å². The zero-order valence-corrected chi connectivity index (χ0v) is 9.52. The fourth-order valence-corrected chi connectivity index (χ4v) is 2.06. The minimum absolute atomic E-state index is 0.0825. The molecule has 1 aromatic rings. The summed E-state index contributed by atoms with van der Waals surface area (Å²) in [6.07, 6.45) is 0.907. The average molecular weight is 239 g/mol. The van der Waals surface area contributed by atoms with Gasteiger partial charge in [0.1, 0.15) is 11.5 Å². The molecule has 1 N–H and O–H groups in total. The second-order valence-corrected chi connectivity index (χ2v) is 4.31. The minimum atomic E-state index is -0.500. The Kier molecular flexibility index (Phi) is 3.23. The molecule has 0 saturated carbocycles. The van der Waals surface area contributed by atoms with Crippen LogP contribution in [-0.2, 0) is 0 Å². The standard InChI is InChI=1S/C11H14FN3O2/c1-14-5-4-9(7-14)13-10-6-8(12)2-3-11(10)15(16)17/h2-3,6,9,13H,4-5,7H2,1H3. The van der Waals surface area contributed by atoms with Crippen LogP contribution >= 0.6 is 0 Å². The predicted molar refractivity (Wildman–Crippen MR) is 62.6 cm³/mol. The normalized spacial score (nSPS) is 20.5. The molecule has 1 unspecified atom stereocenters. The number of likely N-dealkylation sites (N-methyl/N-ethyl adjacent to an activating group) is 1. The van der Waals surface area contributed by atoms with Gasteiger partial charge in [-0.05, 0) is 26.1 Å². The van der Waals surface area contributed by atoms with Crippen molar-refractivity contribution in [2.45, 2.75) is 12.5 Å². The van der Waals surface area contributed by atoms with E-state index >= 15 is 0 Å². The van der Waals surface area contributed by atoms with Gasteiger partial charge in [0, 0.05) is 24.7 Å². The number of rotatable bonds is 3. The number of halogens is 1. The predicted octanol–water partition coefficient (Wildman–Crippen LogP) is 1.85. The maximum absolute atomic E-state index is 13.1. The molecule has 0 spiro atoms. The summed E-state index contributed by atoms with van der Waals surface area (Å²) in [4.78, 5) is 12.4. The topological polar surface area (TPSA) is 58.4 Å². The first-order chi connectivity index (χ1) is 8.06. The first kappa shape index (κ1) is 11.8. The van der Waals surface area contributed by atoms with Gasteiger partial charge in [-0.3, -0.25) is 10.1 Å². The highest BCUT2D eigenvalue weighted by Gasteiger charge is 2.22. The zero-order chi connectivity index (χ0) is 12.4. The van der Waals surface area contributed by atoms with Crippen LogP contribution in [0.1, 0.15) is 6.42 Å². The van der Waals surface area contributed by atoms with Crippen molar-refractivity contribution in [1.82, 2.24) is 4.90 Å². The molecule has 5 nitrogen and oxygen atoms in total. The summed E-state index contributed by atoms with van der Waals surface area (Å²) in [6, 6.07) is 3.61. The van der Waals surface area contributed by atoms with Crippen LogP contribution in [0.2, 0.25) is 0 Å². The van der Waals surface area contributed by atoms with E-state index in [1.54, 1.807) is 0 Å². The minimum Gasteiger partial charge on any atom is -0.375 e. The quantitative estimate of drug-likeness (QED) is 0.646. The van der Waals surface area contributed by atoms with Crippen LogP contribution < -0.4 is 5.32 Å². The second kappa shape index (κ2) is 4.67. The third kappa shape index (κ3) is 2.71. The lowest BCUT2D eigenvalue weighted by atomic mass is 10.2. The maximum atomic E-state index is 13.1. The first-order valence-corrected chi connectivity index (χ1v) is 5.45. The SMILES string of the molecule is CN1CCC(Nc2cc(F)ccc2[N+](=O)[O-])C1. The molecule has 0 bridgehead atoms. The van der Waals surface area contributed by atoms with E-state index in [0.717, 1.165) is 25.6 Å². The lowest BCUT2D eigenvalue weighted by molar-refractivity contribution is -0.384. The average Bonchev–Trinajstić information content (AvgIpc) is 2.63. The highest BCUT2D eigenvalue weighted by atomic mass is 19.1. The summed E-state index contributed by atoms with van der Waals surface area (Å²) in [6.45, 7) is 1.76. The van der Waals surface area contributed by atoms with Crippen molar-refractivity contribution >= 4 is 11.4 Å². The van der Waals surface area contributed by atoms with Gasteiger partial charge in [-0.2, -0.15) is 0 Å². The zero-order valence-electron chi connectivity index (χ0n) is 9.52. The van der Waals surface area contributed by atoms with Crippen molar-refractivity contribution in [3.63, 3.8) is 0 Å². The molecule has 0 aliphatic carbocycles. The molecule has 1 aliphatic heterocycles. The van der Waals surface area contributed by atoms with Gasteiger partial charge in [-0.1, -0.05) is 0 Å². The van der Waals surface area contributed by atoms with Gasteiger partial charge in [0.05, 0.1) is 4.92 Å². The summed E-state index contributed by atoms with van der Waals surface area (Å²) >= 11 is 0. The van der Waals surface area contributed by atoms with E-state index in [1.807, 2.05) is 7.05 Å². The van der Waals surface area contributed by atoms with Crippen LogP contribution in [0.4, 0.5) is 15.8 Å². The summed E-state index contributed by atoms with van der Waals surface area (Å²) in [7, 11) is 1.99. The van der Waals surface area contributed by atoms with Crippen LogP contribution in [0.3, 0.4) is 0 Å². The Labute approximate surface area is 98.4 Å². The number of hydrogen-bond acceptors (Lipinski definition) is 4. The molecule has 1 atom stereocenters. The van der Waals surface area contributed by atoms with Crippen molar-refractivity contribution in [1.29, 1.82) is 0 Å². The Morgan fingerprint density at radius 1 is 1.59 bits per heavy atom. The van der Waals surface area contributed by atoms with Gasteiger partial charge in [-0.25, -0.2) is 4.39 Å². The smallest absolute Gasteiger partial charge is 0.292 e. The highest BCUT2D eigenvalue weighted by Crippen LogP contribution is 2.26. The van der Waals surface area contributed by atoms with E-state index in [0.29, 0.717) is 0 Å². The highest BCUT2D eigenvalue weighted by molar-refractivity contribution is 5.62. The van der Waals surface area contributed by atoms with E-state index < -0.39 is 10.7 Å². The molecule has 0 aromatic heterocycles. The number of nitro benzene ring substituents is 1. The first-order valence-electron chi connectivity index (χ1n) is 5.45. The lowest BCUT2D eigenvalue weighted by Gasteiger charge is -2.14. The Bertz CT molecular complexity index is 439. The van der Waals surface area contributed by atoms with Gasteiger partial charge < -0.3 is 10.2 Å². The number of nitro groups is 1. The molecular formula is C11H14FN3O2. The molecule has 92 valence electrons. The molecule has 0 radical (unpaired) electrons. The number of hydrogen-bond donors (Lipinski definition) is 1. The van der Waals surface area contributed by atoms with E-state index in [4.69, 9.17) is 0 Å². The molecule has 1 heterocycles. The Morgan fingerprint density at radius 3 is 2.94 bits per heavy atom. The Balaban J connectivity index is 2.19. The molecule has 1 aliphatic rings. The van der Waals surface area contributed by atoms with Crippen LogP contribution in [0, 0.1) is 15.9 Å². The molecule has 2 rings (SSSR count). The van der Waals surface area contributed by atoms with Crippen molar-refractivity contribution in [3.05, 3.63) is 34.1 Å². The third-order valence-corrected chi connectivity index (χ3v) is 2.91. The second-order valence-electron chi connectivity index (χ2n) is 4.31. The molecule has 0 amide bonds. The fraction of sp³-hybridized carbons (Fsp3) is 0.455. The van der Waals surface area contributed by atoms with Gasteiger partial charge >= 0.3 is 0 Å². The summed E-state index contributed by atoms with van der Waals surface area (Å²) in [5, 5.41) is 13.8. The van der Waals surface area contributed by atoms with Crippen LogP contribution in [0.15, 0.2) is 18.2 Å². The molecule has 1 aromatic carbocycles. The van der Waals surface area contributed by atoms with Gasteiger partial charge in [0.2, 0.25) is 0 Å². The summed E-state index contributed by atoms with van der Waals surface area (Å²) in [5.41, 5.74) is 0.177.